The van der Waals surface area contributed by atoms with Crippen LogP contribution in [0.2, 0.25) is 0 Å². The van der Waals surface area contributed by atoms with Crippen LogP contribution in [0.25, 0.3) is 0 Å². The van der Waals surface area contributed by atoms with Crippen LogP contribution in [-0.4, -0.2) is 27.1 Å². The Morgan fingerprint density at radius 3 is 2.17 bits per heavy atom. The van der Waals surface area contributed by atoms with Gasteiger partial charge in [0.1, 0.15) is 0 Å². The normalized spacial score (nSPS) is 12.6. The Bertz CT molecular complexity index is 920. The largest absolute Gasteiger partial charge is 0.349 e. The number of carbonyl (C=O) groups excluding carboxylic acids is 1. The minimum absolute atomic E-state index is 0.0378. The molecule has 1 atom stereocenters. The first-order valence-electron chi connectivity index (χ1n) is 10.5. The SMILES string of the molecule is Cc1cc(C)cc(N(CCCC(=O)NC(CC(C)C)c2ccccc2)S(C)(=O)=O)c1. The van der Waals surface area contributed by atoms with Gasteiger partial charge in [-0.3, -0.25) is 9.10 Å². The number of aryl methyl sites for hydroxylation is 2. The predicted molar refractivity (Wildman–Crippen MR) is 124 cm³/mol. The molecule has 0 aliphatic heterocycles. The van der Waals surface area contributed by atoms with Crippen LogP contribution >= 0.6 is 0 Å². The highest BCUT2D eigenvalue weighted by Gasteiger charge is 2.20. The lowest BCUT2D eigenvalue weighted by molar-refractivity contribution is -0.122. The van der Waals surface area contributed by atoms with Crippen molar-refractivity contribution in [3.05, 3.63) is 65.2 Å². The van der Waals surface area contributed by atoms with E-state index in [0.717, 1.165) is 23.1 Å². The molecule has 0 bridgehead atoms. The van der Waals surface area contributed by atoms with Crippen LogP contribution in [0.3, 0.4) is 0 Å². The molecule has 0 spiro atoms. The predicted octanol–water partition coefficient (Wildman–Crippen LogP) is 4.75. The number of benzene rings is 2. The van der Waals surface area contributed by atoms with Crippen LogP contribution in [0.4, 0.5) is 5.69 Å². The maximum absolute atomic E-state index is 12.6. The first-order valence-corrected chi connectivity index (χ1v) is 12.3. The fourth-order valence-corrected chi connectivity index (χ4v) is 4.61. The van der Waals surface area contributed by atoms with E-state index in [1.807, 2.05) is 62.4 Å². The van der Waals surface area contributed by atoms with Crippen molar-refractivity contribution in [2.45, 2.75) is 53.0 Å². The van der Waals surface area contributed by atoms with E-state index < -0.39 is 10.0 Å². The van der Waals surface area contributed by atoms with Gasteiger partial charge in [-0.05, 0) is 61.4 Å². The summed E-state index contributed by atoms with van der Waals surface area (Å²) in [4.78, 5) is 12.6. The second-order valence-electron chi connectivity index (χ2n) is 8.44. The highest BCUT2D eigenvalue weighted by Crippen LogP contribution is 2.23. The van der Waals surface area contributed by atoms with Gasteiger partial charge in [0.15, 0.2) is 0 Å². The van der Waals surface area contributed by atoms with Crippen molar-refractivity contribution in [1.82, 2.24) is 5.32 Å². The van der Waals surface area contributed by atoms with Crippen LogP contribution in [0.15, 0.2) is 48.5 Å². The van der Waals surface area contributed by atoms with Gasteiger partial charge in [0, 0.05) is 13.0 Å². The minimum atomic E-state index is -3.43. The third-order valence-corrected chi connectivity index (χ3v) is 6.10. The number of carbonyl (C=O) groups is 1. The standard InChI is InChI=1S/C24H34N2O3S/c1-18(2)14-23(21-10-7-6-8-11-21)25-24(27)12-9-13-26(30(5,28)29)22-16-19(3)15-20(4)17-22/h6-8,10-11,15-18,23H,9,12-14H2,1-5H3,(H,25,27). The van der Waals surface area contributed by atoms with Crippen LogP contribution in [0, 0.1) is 19.8 Å². The monoisotopic (exact) mass is 430 g/mol. The smallest absolute Gasteiger partial charge is 0.232 e. The van der Waals surface area contributed by atoms with E-state index in [1.54, 1.807) is 0 Å². The van der Waals surface area contributed by atoms with Gasteiger partial charge in [-0.25, -0.2) is 8.42 Å². The van der Waals surface area contributed by atoms with E-state index in [2.05, 4.69) is 19.2 Å². The van der Waals surface area contributed by atoms with Gasteiger partial charge in [-0.2, -0.15) is 0 Å². The maximum Gasteiger partial charge on any atom is 0.232 e. The lowest BCUT2D eigenvalue weighted by atomic mass is 9.97. The number of amides is 1. The second kappa shape index (κ2) is 10.6. The molecule has 0 aliphatic rings. The average molecular weight is 431 g/mol. The van der Waals surface area contributed by atoms with Crippen molar-refractivity contribution in [2.75, 3.05) is 17.1 Å². The summed E-state index contributed by atoms with van der Waals surface area (Å²) in [5.74, 6) is 0.388. The van der Waals surface area contributed by atoms with E-state index >= 15 is 0 Å². The van der Waals surface area contributed by atoms with Gasteiger partial charge >= 0.3 is 0 Å². The molecule has 2 rings (SSSR count). The Balaban J connectivity index is 2.02. The number of hydrogen-bond acceptors (Lipinski definition) is 3. The zero-order valence-electron chi connectivity index (χ0n) is 18.7. The van der Waals surface area contributed by atoms with E-state index in [-0.39, 0.29) is 24.9 Å². The van der Waals surface area contributed by atoms with E-state index in [1.165, 1.54) is 10.6 Å². The van der Waals surface area contributed by atoms with Gasteiger partial charge < -0.3 is 5.32 Å². The van der Waals surface area contributed by atoms with Gasteiger partial charge in [0.2, 0.25) is 15.9 Å². The molecule has 2 aromatic rings. The number of nitrogens with zero attached hydrogens (tertiary/aromatic N) is 1. The first kappa shape index (κ1) is 23.9. The highest BCUT2D eigenvalue weighted by atomic mass is 32.2. The summed E-state index contributed by atoms with van der Waals surface area (Å²) in [7, 11) is -3.43. The van der Waals surface area contributed by atoms with Crippen LogP contribution in [0.5, 0.6) is 0 Å². The second-order valence-corrected chi connectivity index (χ2v) is 10.4. The van der Waals surface area contributed by atoms with Crippen LogP contribution < -0.4 is 9.62 Å². The Kier molecular flexibility index (Phi) is 8.47. The number of sulfonamides is 1. The fourth-order valence-electron chi connectivity index (χ4n) is 3.67. The minimum Gasteiger partial charge on any atom is -0.349 e. The zero-order valence-corrected chi connectivity index (χ0v) is 19.5. The van der Waals surface area contributed by atoms with Gasteiger partial charge in [-0.1, -0.05) is 50.2 Å². The summed E-state index contributed by atoms with van der Waals surface area (Å²) in [6.07, 6.45) is 2.79. The third-order valence-electron chi connectivity index (χ3n) is 4.90. The van der Waals surface area contributed by atoms with Crippen molar-refractivity contribution in [3.63, 3.8) is 0 Å². The van der Waals surface area contributed by atoms with Crippen LogP contribution in [-0.2, 0) is 14.8 Å². The number of nitrogens with one attached hydrogen (secondary N) is 1. The molecule has 2 aromatic carbocycles. The van der Waals surface area contributed by atoms with Crippen molar-refractivity contribution < 1.29 is 13.2 Å². The Labute approximate surface area is 181 Å². The van der Waals surface area contributed by atoms with Crippen molar-refractivity contribution >= 4 is 21.6 Å². The molecule has 30 heavy (non-hydrogen) atoms. The summed E-state index contributed by atoms with van der Waals surface area (Å²) in [5.41, 5.74) is 3.76. The molecule has 0 saturated carbocycles. The summed E-state index contributed by atoms with van der Waals surface area (Å²) < 4.78 is 26.1. The molecular formula is C24H34N2O3S. The first-order chi connectivity index (χ1) is 14.1. The summed E-state index contributed by atoms with van der Waals surface area (Å²) in [6.45, 7) is 8.44. The van der Waals surface area contributed by atoms with E-state index in [0.29, 0.717) is 18.0 Å². The molecule has 0 saturated heterocycles. The highest BCUT2D eigenvalue weighted by molar-refractivity contribution is 7.92. The molecule has 5 nitrogen and oxygen atoms in total. The fraction of sp³-hybridized carbons (Fsp3) is 0.458. The Hall–Kier alpha value is -2.34. The van der Waals surface area contributed by atoms with Crippen molar-refractivity contribution in [1.29, 1.82) is 0 Å². The number of rotatable bonds is 10. The maximum atomic E-state index is 12.6. The molecule has 6 heteroatoms. The average Bonchev–Trinajstić information content (AvgIpc) is 2.63. The zero-order chi connectivity index (χ0) is 22.3. The molecule has 0 heterocycles. The van der Waals surface area contributed by atoms with Gasteiger partial charge in [0.05, 0.1) is 18.0 Å². The summed E-state index contributed by atoms with van der Waals surface area (Å²) in [5, 5.41) is 3.13. The summed E-state index contributed by atoms with van der Waals surface area (Å²) >= 11 is 0. The van der Waals surface area contributed by atoms with Gasteiger partial charge in [-0.15, -0.1) is 0 Å². The molecule has 164 valence electrons. The third kappa shape index (κ3) is 7.48. The lowest BCUT2D eigenvalue weighted by Gasteiger charge is -2.24. The molecule has 0 aliphatic carbocycles. The Morgan fingerprint density at radius 2 is 1.63 bits per heavy atom. The summed E-state index contributed by atoms with van der Waals surface area (Å²) in [6, 6.07) is 15.7. The quantitative estimate of drug-likeness (QED) is 0.591. The van der Waals surface area contributed by atoms with E-state index in [4.69, 9.17) is 0 Å². The molecule has 0 radical (unpaired) electrons. The topological polar surface area (TPSA) is 66.5 Å². The lowest BCUT2D eigenvalue weighted by Crippen LogP contribution is -2.33. The van der Waals surface area contributed by atoms with Crippen molar-refractivity contribution in [3.8, 4) is 0 Å². The van der Waals surface area contributed by atoms with Gasteiger partial charge in [0.25, 0.3) is 0 Å². The number of hydrogen-bond donors (Lipinski definition) is 1. The molecular weight excluding hydrogens is 396 g/mol. The molecule has 1 unspecified atom stereocenters. The van der Waals surface area contributed by atoms with Crippen LogP contribution in [0.1, 0.15) is 55.8 Å². The molecule has 1 amide bonds. The van der Waals surface area contributed by atoms with E-state index in [9.17, 15) is 13.2 Å². The molecule has 0 aromatic heterocycles. The number of anilines is 1. The molecule has 1 N–H and O–H groups in total. The Morgan fingerprint density at radius 1 is 1.03 bits per heavy atom. The van der Waals surface area contributed by atoms with Crippen molar-refractivity contribution in [2.24, 2.45) is 5.92 Å². The molecule has 0 fully saturated rings.